The molecule has 0 aliphatic heterocycles. The summed E-state index contributed by atoms with van der Waals surface area (Å²) in [5, 5.41) is 6.02. The number of halogens is 3. The van der Waals surface area contributed by atoms with Crippen LogP contribution in [0.2, 0.25) is 0 Å². The quantitative estimate of drug-likeness (QED) is 0.628. The van der Waals surface area contributed by atoms with E-state index in [2.05, 4.69) is 20.4 Å². The van der Waals surface area contributed by atoms with E-state index in [1.54, 1.807) is 37.4 Å². The Morgan fingerprint density at radius 1 is 1.08 bits per heavy atom. The van der Waals surface area contributed by atoms with Gasteiger partial charge in [-0.2, -0.15) is 8.78 Å². The van der Waals surface area contributed by atoms with E-state index in [-0.39, 0.29) is 18.1 Å². The molecule has 0 saturated carbocycles. The van der Waals surface area contributed by atoms with E-state index in [1.165, 1.54) is 18.2 Å². The summed E-state index contributed by atoms with van der Waals surface area (Å²) in [6.07, 6.45) is 0. The molecule has 0 saturated heterocycles. The number of benzene rings is 2. The van der Waals surface area contributed by atoms with Crippen LogP contribution >= 0.6 is 0 Å². The van der Waals surface area contributed by atoms with Gasteiger partial charge in [0.2, 0.25) is 0 Å². The Labute approximate surface area is 138 Å². The lowest BCUT2D eigenvalue weighted by Gasteiger charge is -2.13. The van der Waals surface area contributed by atoms with Crippen LogP contribution in [0.4, 0.5) is 13.2 Å². The average molecular weight is 337 g/mol. The zero-order valence-electron chi connectivity index (χ0n) is 13.1. The zero-order valence-corrected chi connectivity index (χ0v) is 13.1. The molecule has 0 amide bonds. The lowest BCUT2D eigenvalue weighted by Crippen LogP contribution is -2.36. The fourth-order valence-corrected chi connectivity index (χ4v) is 2.06. The number of ether oxygens (including phenoxy) is 1. The van der Waals surface area contributed by atoms with Crippen LogP contribution in [-0.4, -0.2) is 19.6 Å². The highest BCUT2D eigenvalue weighted by molar-refractivity contribution is 5.79. The Hall–Kier alpha value is -2.70. The van der Waals surface area contributed by atoms with Crippen LogP contribution < -0.4 is 15.4 Å². The largest absolute Gasteiger partial charge is 0.435 e. The van der Waals surface area contributed by atoms with Gasteiger partial charge in [0.05, 0.1) is 0 Å². The van der Waals surface area contributed by atoms with Crippen molar-refractivity contribution in [1.82, 2.24) is 10.6 Å². The number of rotatable bonds is 6. The maximum absolute atomic E-state index is 13.6. The lowest BCUT2D eigenvalue weighted by molar-refractivity contribution is -0.0498. The summed E-state index contributed by atoms with van der Waals surface area (Å²) < 4.78 is 42.4. The minimum Gasteiger partial charge on any atom is -0.435 e. The highest BCUT2D eigenvalue weighted by atomic mass is 19.3. The first-order valence-corrected chi connectivity index (χ1v) is 7.30. The third-order valence-corrected chi connectivity index (χ3v) is 3.21. The van der Waals surface area contributed by atoms with Crippen molar-refractivity contribution in [1.29, 1.82) is 0 Å². The van der Waals surface area contributed by atoms with E-state index < -0.39 is 6.61 Å². The summed E-state index contributed by atoms with van der Waals surface area (Å²) in [6, 6.07) is 12.8. The predicted molar refractivity (Wildman–Crippen MR) is 86.5 cm³/mol. The third kappa shape index (κ3) is 5.49. The maximum atomic E-state index is 13.6. The fraction of sp³-hybridized carbons (Fsp3) is 0.235. The summed E-state index contributed by atoms with van der Waals surface area (Å²) >= 11 is 0. The number of guanidine groups is 1. The van der Waals surface area contributed by atoms with Crippen LogP contribution in [0.5, 0.6) is 5.75 Å². The normalized spacial score (nSPS) is 11.5. The maximum Gasteiger partial charge on any atom is 0.387 e. The first kappa shape index (κ1) is 17.7. The van der Waals surface area contributed by atoms with E-state index in [0.29, 0.717) is 18.1 Å². The highest BCUT2D eigenvalue weighted by Gasteiger charge is 2.06. The first-order valence-electron chi connectivity index (χ1n) is 7.30. The Bertz CT molecular complexity index is 692. The van der Waals surface area contributed by atoms with Crippen LogP contribution in [0.1, 0.15) is 11.1 Å². The molecule has 0 fully saturated rings. The predicted octanol–water partition coefficient (Wildman–Crippen LogP) is 3.29. The molecule has 0 aromatic heterocycles. The van der Waals surface area contributed by atoms with E-state index in [0.717, 1.165) is 5.56 Å². The summed E-state index contributed by atoms with van der Waals surface area (Å²) in [4.78, 5) is 4.04. The van der Waals surface area contributed by atoms with Crippen LogP contribution in [-0.2, 0) is 13.1 Å². The molecule has 0 aliphatic carbocycles. The van der Waals surface area contributed by atoms with E-state index >= 15 is 0 Å². The van der Waals surface area contributed by atoms with Crippen LogP contribution in [0.3, 0.4) is 0 Å². The molecule has 2 aromatic rings. The molecule has 4 nitrogen and oxygen atoms in total. The SMILES string of the molecule is CN=C(NCc1cccc(OC(F)F)c1)NCc1ccccc1F. The molecule has 2 aromatic carbocycles. The van der Waals surface area contributed by atoms with Gasteiger partial charge in [-0.05, 0) is 23.8 Å². The molecule has 2 N–H and O–H groups in total. The van der Waals surface area contributed by atoms with Gasteiger partial charge in [0.25, 0.3) is 0 Å². The molecular formula is C17H18F3N3O. The lowest BCUT2D eigenvalue weighted by atomic mass is 10.2. The summed E-state index contributed by atoms with van der Waals surface area (Å²) in [5.41, 5.74) is 1.27. The molecule has 0 bridgehead atoms. The first-order chi connectivity index (χ1) is 11.6. The number of nitrogens with zero attached hydrogens (tertiary/aromatic N) is 1. The van der Waals surface area contributed by atoms with Crippen molar-refractivity contribution in [3.63, 3.8) is 0 Å². The zero-order chi connectivity index (χ0) is 17.4. The molecule has 0 atom stereocenters. The molecule has 0 aliphatic rings. The molecule has 0 radical (unpaired) electrons. The van der Waals surface area contributed by atoms with E-state index in [4.69, 9.17) is 0 Å². The minimum absolute atomic E-state index is 0.0959. The second-order valence-corrected chi connectivity index (χ2v) is 4.90. The standard InChI is InChI=1S/C17H18F3N3O/c1-21-17(23-11-13-6-2-3-8-15(13)18)22-10-12-5-4-7-14(9-12)24-16(19)20/h2-9,16H,10-11H2,1H3,(H2,21,22,23). The van der Waals surface area contributed by atoms with Gasteiger partial charge in [0, 0.05) is 25.7 Å². The van der Waals surface area contributed by atoms with Crippen molar-refractivity contribution >= 4 is 5.96 Å². The van der Waals surface area contributed by atoms with Gasteiger partial charge in [-0.25, -0.2) is 4.39 Å². The number of hydrogen-bond donors (Lipinski definition) is 2. The highest BCUT2D eigenvalue weighted by Crippen LogP contribution is 2.15. The number of alkyl halides is 2. The molecular weight excluding hydrogens is 319 g/mol. The molecule has 2 rings (SSSR count). The Kier molecular flexibility index (Phi) is 6.48. The van der Waals surface area contributed by atoms with Gasteiger partial charge in [0.15, 0.2) is 5.96 Å². The Morgan fingerprint density at radius 2 is 1.83 bits per heavy atom. The minimum atomic E-state index is -2.86. The second kappa shape index (κ2) is 8.81. The van der Waals surface area contributed by atoms with Gasteiger partial charge in [-0.1, -0.05) is 30.3 Å². The molecule has 7 heteroatoms. The average Bonchev–Trinajstić information content (AvgIpc) is 2.56. The van der Waals surface area contributed by atoms with Crippen molar-refractivity contribution in [2.24, 2.45) is 4.99 Å². The van der Waals surface area contributed by atoms with E-state index in [9.17, 15) is 13.2 Å². The number of hydrogen-bond acceptors (Lipinski definition) is 2. The van der Waals surface area contributed by atoms with Crippen molar-refractivity contribution < 1.29 is 17.9 Å². The second-order valence-electron chi connectivity index (χ2n) is 4.90. The van der Waals surface area contributed by atoms with Crippen molar-refractivity contribution in [2.45, 2.75) is 19.7 Å². The van der Waals surface area contributed by atoms with Gasteiger partial charge in [-0.3, -0.25) is 4.99 Å². The van der Waals surface area contributed by atoms with E-state index in [1.807, 2.05) is 0 Å². The molecule has 24 heavy (non-hydrogen) atoms. The molecule has 0 spiro atoms. The Balaban J connectivity index is 1.89. The molecule has 128 valence electrons. The fourth-order valence-electron chi connectivity index (χ4n) is 2.06. The topological polar surface area (TPSA) is 45.7 Å². The molecule has 0 unspecified atom stereocenters. The Morgan fingerprint density at radius 3 is 2.54 bits per heavy atom. The van der Waals surface area contributed by atoms with Crippen molar-refractivity contribution in [3.05, 3.63) is 65.5 Å². The smallest absolute Gasteiger partial charge is 0.387 e. The number of aliphatic imine (C=N–C) groups is 1. The number of nitrogens with one attached hydrogen (secondary N) is 2. The van der Waals surface area contributed by atoms with Gasteiger partial charge in [0.1, 0.15) is 11.6 Å². The molecule has 0 heterocycles. The van der Waals surface area contributed by atoms with Gasteiger partial charge >= 0.3 is 6.61 Å². The monoisotopic (exact) mass is 337 g/mol. The van der Waals surface area contributed by atoms with Crippen molar-refractivity contribution in [3.8, 4) is 5.75 Å². The van der Waals surface area contributed by atoms with Crippen LogP contribution in [0, 0.1) is 5.82 Å². The summed E-state index contributed by atoms with van der Waals surface area (Å²) in [5.74, 6) is 0.273. The summed E-state index contributed by atoms with van der Waals surface area (Å²) in [7, 11) is 1.59. The van der Waals surface area contributed by atoms with Gasteiger partial charge in [-0.15, -0.1) is 0 Å². The summed E-state index contributed by atoms with van der Waals surface area (Å²) in [6.45, 7) is -2.22. The third-order valence-electron chi connectivity index (χ3n) is 3.21. The van der Waals surface area contributed by atoms with Gasteiger partial charge < -0.3 is 15.4 Å². The van der Waals surface area contributed by atoms with Crippen molar-refractivity contribution in [2.75, 3.05) is 7.05 Å². The van der Waals surface area contributed by atoms with Crippen LogP contribution in [0.25, 0.3) is 0 Å². The van der Waals surface area contributed by atoms with Crippen LogP contribution in [0.15, 0.2) is 53.5 Å².